The van der Waals surface area contributed by atoms with E-state index < -0.39 is 9.84 Å². The van der Waals surface area contributed by atoms with Gasteiger partial charge in [0, 0.05) is 43.9 Å². The number of sulfone groups is 1. The fourth-order valence-electron chi connectivity index (χ4n) is 3.92. The second-order valence-electron chi connectivity index (χ2n) is 7.99. The summed E-state index contributed by atoms with van der Waals surface area (Å²) in [4.78, 5) is 9.94. The molecule has 30 heavy (non-hydrogen) atoms. The van der Waals surface area contributed by atoms with Crippen LogP contribution < -0.4 is 4.90 Å². The summed E-state index contributed by atoms with van der Waals surface area (Å²) >= 11 is 1.35. The Morgan fingerprint density at radius 3 is 2.40 bits per heavy atom. The zero-order valence-electron chi connectivity index (χ0n) is 17.2. The van der Waals surface area contributed by atoms with Crippen molar-refractivity contribution >= 4 is 33.1 Å². The maximum absolute atomic E-state index is 13.6. The van der Waals surface area contributed by atoms with Crippen LogP contribution in [0.4, 0.5) is 5.82 Å². The van der Waals surface area contributed by atoms with E-state index >= 15 is 0 Å². The zero-order chi connectivity index (χ0) is 20.9. The normalized spacial score (nSPS) is 18.3. The van der Waals surface area contributed by atoms with Gasteiger partial charge in [-0.3, -0.25) is 0 Å². The highest BCUT2D eigenvalue weighted by Gasteiger charge is 2.33. The molecule has 2 aliphatic rings. The van der Waals surface area contributed by atoms with E-state index in [4.69, 9.17) is 10.1 Å². The minimum atomic E-state index is -3.74. The van der Waals surface area contributed by atoms with Crippen LogP contribution in [0.1, 0.15) is 24.5 Å². The van der Waals surface area contributed by atoms with E-state index in [9.17, 15) is 8.42 Å². The molecule has 2 aromatic heterocycles. The first-order chi connectivity index (χ1) is 14.5. The van der Waals surface area contributed by atoms with Crippen LogP contribution in [0, 0.1) is 0 Å². The number of hydrogen-bond acceptors (Lipinski definition) is 7. The maximum Gasteiger partial charge on any atom is 0.213 e. The Morgan fingerprint density at radius 2 is 1.77 bits per heavy atom. The minimum Gasteiger partial charge on any atom is -0.354 e. The van der Waals surface area contributed by atoms with Crippen molar-refractivity contribution < 1.29 is 8.42 Å². The topological polar surface area (TPSA) is 70.8 Å². The highest BCUT2D eigenvalue weighted by atomic mass is 32.2. The van der Waals surface area contributed by atoms with E-state index in [0.29, 0.717) is 16.6 Å². The van der Waals surface area contributed by atoms with Gasteiger partial charge in [-0.15, -0.1) is 11.8 Å². The average Bonchev–Trinajstić information content (AvgIpc) is 3.54. The molecule has 9 heteroatoms. The summed E-state index contributed by atoms with van der Waals surface area (Å²) in [6.45, 7) is 3.70. The molecule has 0 spiro atoms. The van der Waals surface area contributed by atoms with Crippen LogP contribution >= 0.6 is 11.8 Å². The van der Waals surface area contributed by atoms with Crippen LogP contribution in [-0.2, 0) is 9.84 Å². The SMILES string of the molecule is CSc1nn2c(N3CCN(C)CC3)cc(C3CC3)nc2c1S(=O)(=O)c1ccccc1. The summed E-state index contributed by atoms with van der Waals surface area (Å²) in [7, 11) is -1.61. The summed E-state index contributed by atoms with van der Waals surface area (Å²) in [5, 5.41) is 5.22. The lowest BCUT2D eigenvalue weighted by Crippen LogP contribution is -2.45. The molecule has 1 aliphatic carbocycles. The molecule has 1 saturated heterocycles. The molecule has 0 bridgehead atoms. The number of piperazine rings is 1. The highest BCUT2D eigenvalue weighted by Crippen LogP contribution is 2.42. The minimum absolute atomic E-state index is 0.221. The monoisotopic (exact) mass is 443 g/mol. The molecule has 1 aromatic carbocycles. The second-order valence-corrected chi connectivity index (χ2v) is 10.7. The molecule has 1 saturated carbocycles. The average molecular weight is 444 g/mol. The second kappa shape index (κ2) is 7.55. The quantitative estimate of drug-likeness (QED) is 0.562. The summed E-state index contributed by atoms with van der Waals surface area (Å²) in [5.74, 6) is 1.36. The summed E-state index contributed by atoms with van der Waals surface area (Å²) < 4.78 is 28.9. The van der Waals surface area contributed by atoms with Crippen molar-refractivity contribution in [2.75, 3.05) is 44.4 Å². The van der Waals surface area contributed by atoms with Gasteiger partial charge in [0.15, 0.2) is 10.5 Å². The van der Waals surface area contributed by atoms with Crippen LogP contribution in [0.25, 0.3) is 5.65 Å². The van der Waals surface area contributed by atoms with Gasteiger partial charge in [0.05, 0.1) is 4.90 Å². The number of aromatic nitrogens is 3. The van der Waals surface area contributed by atoms with Crippen LogP contribution in [0.3, 0.4) is 0 Å². The summed E-state index contributed by atoms with van der Waals surface area (Å²) in [6.07, 6.45) is 4.08. The lowest BCUT2D eigenvalue weighted by Gasteiger charge is -2.34. The standard InChI is InChI=1S/C21H25N5O2S2/c1-24-10-12-25(13-11-24)18-14-17(15-8-9-15)22-20-19(21(29-2)23-26(18)20)30(27,28)16-6-4-3-5-7-16/h3-7,14-15H,8-13H2,1-2H3. The molecule has 1 aliphatic heterocycles. The van der Waals surface area contributed by atoms with Crippen molar-refractivity contribution in [3.8, 4) is 0 Å². The summed E-state index contributed by atoms with van der Waals surface area (Å²) in [5.41, 5.74) is 1.43. The zero-order valence-corrected chi connectivity index (χ0v) is 18.8. The van der Waals surface area contributed by atoms with Gasteiger partial charge in [0.25, 0.3) is 0 Å². The number of anilines is 1. The number of rotatable bonds is 5. The number of nitrogens with zero attached hydrogens (tertiary/aromatic N) is 5. The highest BCUT2D eigenvalue weighted by molar-refractivity contribution is 7.99. The van der Waals surface area contributed by atoms with Crippen LogP contribution in [-0.4, -0.2) is 67.4 Å². The molecule has 0 unspecified atom stereocenters. The first kappa shape index (κ1) is 19.8. The maximum atomic E-state index is 13.6. The molecular formula is C21H25N5O2S2. The Morgan fingerprint density at radius 1 is 1.07 bits per heavy atom. The molecule has 0 amide bonds. The number of hydrogen-bond donors (Lipinski definition) is 0. The Labute approximate surface area is 181 Å². The van der Waals surface area contributed by atoms with Crippen molar-refractivity contribution in [3.63, 3.8) is 0 Å². The predicted octanol–water partition coefficient (Wildman–Crippen LogP) is 2.91. The molecule has 158 valence electrons. The molecule has 0 radical (unpaired) electrons. The van der Waals surface area contributed by atoms with Crippen molar-refractivity contribution in [2.45, 2.75) is 33.6 Å². The first-order valence-corrected chi connectivity index (χ1v) is 12.9. The van der Waals surface area contributed by atoms with Crippen molar-refractivity contribution in [3.05, 3.63) is 42.1 Å². The Hall–Kier alpha value is -2.10. The van der Waals surface area contributed by atoms with Gasteiger partial charge in [-0.1, -0.05) is 18.2 Å². The third kappa shape index (κ3) is 3.38. The largest absolute Gasteiger partial charge is 0.354 e. The van der Waals surface area contributed by atoms with Gasteiger partial charge >= 0.3 is 0 Å². The molecule has 7 nitrogen and oxygen atoms in total. The molecule has 0 atom stereocenters. The van der Waals surface area contributed by atoms with Crippen molar-refractivity contribution in [2.24, 2.45) is 0 Å². The fourth-order valence-corrected chi connectivity index (χ4v) is 6.33. The van der Waals surface area contributed by atoms with Gasteiger partial charge in [0.1, 0.15) is 10.8 Å². The van der Waals surface area contributed by atoms with Crippen molar-refractivity contribution in [1.82, 2.24) is 19.5 Å². The molecular weight excluding hydrogens is 418 g/mol. The smallest absolute Gasteiger partial charge is 0.213 e. The number of benzene rings is 1. The first-order valence-electron chi connectivity index (χ1n) is 10.2. The molecule has 3 aromatic rings. The number of thioether (sulfide) groups is 1. The lowest BCUT2D eigenvalue weighted by molar-refractivity contribution is 0.311. The number of fused-ring (bicyclic) bond motifs is 1. The van der Waals surface area contributed by atoms with E-state index in [0.717, 1.165) is 50.5 Å². The van der Waals surface area contributed by atoms with E-state index in [1.807, 2.05) is 12.3 Å². The Bertz CT molecular complexity index is 1180. The van der Waals surface area contributed by atoms with Gasteiger partial charge in [-0.05, 0) is 38.3 Å². The summed E-state index contributed by atoms with van der Waals surface area (Å²) in [6, 6.07) is 10.7. The number of likely N-dealkylation sites (N-methyl/N-ethyl adjacent to an activating group) is 1. The van der Waals surface area contributed by atoms with Crippen molar-refractivity contribution in [1.29, 1.82) is 0 Å². The van der Waals surface area contributed by atoms with E-state index in [-0.39, 0.29) is 9.79 Å². The van der Waals surface area contributed by atoms with Crippen LogP contribution in [0.5, 0.6) is 0 Å². The van der Waals surface area contributed by atoms with E-state index in [2.05, 4.69) is 22.9 Å². The van der Waals surface area contributed by atoms with Gasteiger partial charge in [-0.25, -0.2) is 13.4 Å². The Balaban J connectivity index is 1.74. The Kier molecular flexibility index (Phi) is 4.99. The van der Waals surface area contributed by atoms with Gasteiger partial charge in [-0.2, -0.15) is 9.61 Å². The van der Waals surface area contributed by atoms with Crippen LogP contribution in [0.2, 0.25) is 0 Å². The predicted molar refractivity (Wildman–Crippen MR) is 118 cm³/mol. The third-order valence-corrected chi connectivity index (χ3v) is 8.46. The molecule has 3 heterocycles. The lowest BCUT2D eigenvalue weighted by atomic mass is 10.2. The molecule has 5 rings (SSSR count). The van der Waals surface area contributed by atoms with Gasteiger partial charge in [0.2, 0.25) is 9.84 Å². The third-order valence-electron chi connectivity index (χ3n) is 5.86. The molecule has 0 N–H and O–H groups in total. The molecule has 2 fully saturated rings. The van der Waals surface area contributed by atoms with E-state index in [1.165, 1.54) is 11.8 Å². The van der Waals surface area contributed by atoms with Crippen LogP contribution in [0.15, 0.2) is 51.2 Å². The van der Waals surface area contributed by atoms with E-state index in [1.54, 1.807) is 28.8 Å². The van der Waals surface area contributed by atoms with Gasteiger partial charge < -0.3 is 9.80 Å². The fraction of sp³-hybridized carbons (Fsp3) is 0.429.